The molecule has 0 unspecified atom stereocenters. The molecular formula is C22H21N3O7. The normalized spacial score (nSPS) is 13.1. The summed E-state index contributed by atoms with van der Waals surface area (Å²) in [4.78, 5) is 47.3. The van der Waals surface area contributed by atoms with Crippen LogP contribution in [0.5, 0.6) is 17.2 Å². The Balaban J connectivity index is 1.73. The number of anilines is 1. The number of para-hydroxylation sites is 2. The molecule has 32 heavy (non-hydrogen) atoms. The van der Waals surface area contributed by atoms with E-state index in [4.69, 9.17) is 14.2 Å². The van der Waals surface area contributed by atoms with Crippen LogP contribution in [-0.4, -0.2) is 44.1 Å². The van der Waals surface area contributed by atoms with Crippen LogP contribution in [0.2, 0.25) is 0 Å². The highest BCUT2D eigenvalue weighted by Crippen LogP contribution is 2.30. The van der Waals surface area contributed by atoms with E-state index in [1.165, 1.54) is 13.2 Å². The molecule has 1 aliphatic rings. The van der Waals surface area contributed by atoms with Crippen molar-refractivity contribution < 1.29 is 33.4 Å². The topological polar surface area (TPSA) is 132 Å². The van der Waals surface area contributed by atoms with Crippen molar-refractivity contribution in [3.8, 4) is 17.2 Å². The van der Waals surface area contributed by atoms with Crippen molar-refractivity contribution >= 4 is 35.5 Å². The van der Waals surface area contributed by atoms with Crippen LogP contribution in [0.3, 0.4) is 0 Å². The Morgan fingerprint density at radius 1 is 0.969 bits per heavy atom. The van der Waals surface area contributed by atoms with E-state index in [9.17, 15) is 19.2 Å². The maximum Gasteiger partial charge on any atom is 0.328 e. The molecule has 10 nitrogen and oxygen atoms in total. The maximum absolute atomic E-state index is 12.3. The number of barbiturate groups is 1. The first kappa shape index (κ1) is 22.3. The smallest absolute Gasteiger partial charge is 0.328 e. The summed E-state index contributed by atoms with van der Waals surface area (Å²) in [6.07, 6.45) is 1.32. The molecule has 0 aromatic heterocycles. The lowest BCUT2D eigenvalue weighted by atomic mass is 10.1. The molecule has 2 aromatic rings. The van der Waals surface area contributed by atoms with Crippen LogP contribution in [0.15, 0.2) is 48.0 Å². The number of amides is 5. The van der Waals surface area contributed by atoms with Gasteiger partial charge in [-0.15, -0.1) is 0 Å². The van der Waals surface area contributed by atoms with Gasteiger partial charge < -0.3 is 19.5 Å². The minimum atomic E-state index is -0.873. The first-order valence-corrected chi connectivity index (χ1v) is 9.62. The van der Waals surface area contributed by atoms with Crippen molar-refractivity contribution in [1.29, 1.82) is 0 Å². The quantitative estimate of drug-likeness (QED) is 0.422. The Kier molecular flexibility index (Phi) is 7.06. The Labute approximate surface area is 183 Å². The molecule has 1 heterocycles. The number of methoxy groups -OCH3 is 1. The molecule has 1 fully saturated rings. The zero-order chi connectivity index (χ0) is 23.1. The maximum atomic E-state index is 12.3. The van der Waals surface area contributed by atoms with Crippen molar-refractivity contribution in [3.63, 3.8) is 0 Å². The van der Waals surface area contributed by atoms with E-state index in [0.29, 0.717) is 35.1 Å². The molecule has 3 rings (SSSR count). The second kappa shape index (κ2) is 10.1. The predicted molar refractivity (Wildman–Crippen MR) is 114 cm³/mol. The fraction of sp³-hybridized carbons (Fsp3) is 0.182. The Morgan fingerprint density at radius 3 is 2.38 bits per heavy atom. The Bertz CT molecular complexity index is 1070. The number of hydrogen-bond donors (Lipinski definition) is 3. The highest BCUT2D eigenvalue weighted by Gasteiger charge is 2.27. The summed E-state index contributed by atoms with van der Waals surface area (Å²) in [5, 5.41) is 6.72. The zero-order valence-electron chi connectivity index (χ0n) is 17.4. The fourth-order valence-electron chi connectivity index (χ4n) is 2.85. The lowest BCUT2D eigenvalue weighted by Gasteiger charge is -2.15. The van der Waals surface area contributed by atoms with E-state index in [1.54, 1.807) is 49.4 Å². The summed E-state index contributed by atoms with van der Waals surface area (Å²) in [5.41, 5.74) is 0.754. The molecule has 0 radical (unpaired) electrons. The summed E-state index contributed by atoms with van der Waals surface area (Å²) in [6.45, 7) is 1.81. The first-order chi connectivity index (χ1) is 15.4. The van der Waals surface area contributed by atoms with Crippen LogP contribution in [0.25, 0.3) is 6.08 Å². The summed E-state index contributed by atoms with van der Waals surface area (Å²) >= 11 is 0. The van der Waals surface area contributed by atoms with E-state index in [1.807, 2.05) is 10.6 Å². The molecule has 166 valence electrons. The highest BCUT2D eigenvalue weighted by molar-refractivity contribution is 6.31. The van der Waals surface area contributed by atoms with Gasteiger partial charge in [0.25, 0.3) is 17.7 Å². The van der Waals surface area contributed by atoms with Crippen LogP contribution in [0, 0.1) is 0 Å². The van der Waals surface area contributed by atoms with Crippen molar-refractivity contribution in [1.82, 2.24) is 10.6 Å². The van der Waals surface area contributed by atoms with Gasteiger partial charge in [-0.25, -0.2) is 4.79 Å². The molecule has 3 N–H and O–H groups in total. The van der Waals surface area contributed by atoms with Crippen molar-refractivity contribution in [2.24, 2.45) is 0 Å². The van der Waals surface area contributed by atoms with Crippen LogP contribution in [0.4, 0.5) is 10.5 Å². The van der Waals surface area contributed by atoms with Crippen LogP contribution in [-0.2, 0) is 14.4 Å². The summed E-state index contributed by atoms with van der Waals surface area (Å²) in [7, 11) is 1.51. The molecule has 0 spiro atoms. The zero-order valence-corrected chi connectivity index (χ0v) is 17.4. The Morgan fingerprint density at radius 2 is 1.69 bits per heavy atom. The van der Waals surface area contributed by atoms with Gasteiger partial charge in [-0.2, -0.15) is 0 Å². The molecule has 1 saturated heterocycles. The van der Waals surface area contributed by atoms with Gasteiger partial charge in [0.15, 0.2) is 18.1 Å². The molecule has 5 amide bonds. The number of carbonyl (C=O) groups is 4. The number of rotatable bonds is 8. The van der Waals surface area contributed by atoms with Gasteiger partial charge in [0.05, 0.1) is 19.4 Å². The number of imide groups is 2. The first-order valence-electron chi connectivity index (χ1n) is 9.62. The molecule has 0 bridgehead atoms. The number of urea groups is 1. The third-order valence-electron chi connectivity index (χ3n) is 4.26. The Hall–Kier alpha value is -4.34. The van der Waals surface area contributed by atoms with E-state index in [2.05, 4.69) is 5.32 Å². The largest absolute Gasteiger partial charge is 0.495 e. The number of nitrogens with one attached hydrogen (secondary N) is 3. The van der Waals surface area contributed by atoms with Crippen molar-refractivity contribution in [2.75, 3.05) is 25.6 Å². The average molecular weight is 439 g/mol. The molecule has 0 aliphatic carbocycles. The van der Waals surface area contributed by atoms with Crippen LogP contribution in [0.1, 0.15) is 12.5 Å². The molecule has 1 aliphatic heterocycles. The van der Waals surface area contributed by atoms with Crippen LogP contribution < -0.4 is 30.2 Å². The SMILES string of the molecule is CCOc1cc(C=C2C(=O)NC(=O)NC2=O)ccc1OCC(=O)Nc1ccccc1OC. The summed E-state index contributed by atoms with van der Waals surface area (Å²) < 4.78 is 16.4. The van der Waals surface area contributed by atoms with Gasteiger partial charge in [-0.3, -0.25) is 25.0 Å². The number of hydrogen-bond acceptors (Lipinski definition) is 7. The number of ether oxygens (including phenoxy) is 3. The van der Waals surface area contributed by atoms with Crippen LogP contribution >= 0.6 is 0 Å². The van der Waals surface area contributed by atoms with Crippen molar-refractivity contribution in [2.45, 2.75) is 6.92 Å². The van der Waals surface area contributed by atoms with E-state index < -0.39 is 23.8 Å². The monoisotopic (exact) mass is 439 g/mol. The van der Waals surface area contributed by atoms with Gasteiger partial charge in [-0.05, 0) is 42.8 Å². The predicted octanol–water partition coefficient (Wildman–Crippen LogP) is 1.86. The second-order valence-electron chi connectivity index (χ2n) is 6.47. The van der Waals surface area contributed by atoms with Gasteiger partial charge in [0, 0.05) is 0 Å². The molecule has 10 heteroatoms. The van der Waals surface area contributed by atoms with Gasteiger partial charge >= 0.3 is 6.03 Å². The second-order valence-corrected chi connectivity index (χ2v) is 6.47. The van der Waals surface area contributed by atoms with E-state index in [0.717, 1.165) is 0 Å². The molecular weight excluding hydrogens is 418 g/mol. The number of carbonyl (C=O) groups excluding carboxylic acids is 4. The lowest BCUT2D eigenvalue weighted by molar-refractivity contribution is -0.124. The fourth-order valence-corrected chi connectivity index (χ4v) is 2.85. The standard InChI is InChI=1S/C22H21N3O7/c1-3-31-18-11-13(10-14-20(27)24-22(29)25-21(14)28)8-9-17(18)32-12-19(26)23-15-6-4-5-7-16(15)30-2/h4-11H,3,12H2,1-2H3,(H,23,26)(H2,24,25,27,28,29). The average Bonchev–Trinajstić information content (AvgIpc) is 2.76. The van der Waals surface area contributed by atoms with E-state index >= 15 is 0 Å². The molecule has 2 aromatic carbocycles. The summed E-state index contributed by atoms with van der Waals surface area (Å²) in [6, 6.07) is 10.8. The van der Waals surface area contributed by atoms with Crippen molar-refractivity contribution in [3.05, 3.63) is 53.6 Å². The lowest BCUT2D eigenvalue weighted by Crippen LogP contribution is -2.51. The van der Waals surface area contributed by atoms with Gasteiger partial charge in [-0.1, -0.05) is 18.2 Å². The highest BCUT2D eigenvalue weighted by atomic mass is 16.5. The molecule has 0 atom stereocenters. The summed E-state index contributed by atoms with van der Waals surface area (Å²) in [5.74, 6) is -0.860. The van der Waals surface area contributed by atoms with Gasteiger partial charge in [0.2, 0.25) is 0 Å². The third-order valence-corrected chi connectivity index (χ3v) is 4.26. The van der Waals surface area contributed by atoms with Gasteiger partial charge in [0.1, 0.15) is 11.3 Å². The minimum Gasteiger partial charge on any atom is -0.495 e. The third kappa shape index (κ3) is 5.42. The number of benzene rings is 2. The molecule has 0 saturated carbocycles. The minimum absolute atomic E-state index is 0.225. The van der Waals surface area contributed by atoms with E-state index in [-0.39, 0.29) is 12.2 Å².